The van der Waals surface area contributed by atoms with Crippen LogP contribution in [0, 0.1) is 12.8 Å². The van der Waals surface area contributed by atoms with Crippen LogP contribution in [-0.4, -0.2) is 42.3 Å². The van der Waals surface area contributed by atoms with E-state index >= 15 is 0 Å². The summed E-state index contributed by atoms with van der Waals surface area (Å²) < 4.78 is 24.0. The molecule has 24 heavy (non-hydrogen) atoms. The van der Waals surface area contributed by atoms with E-state index in [2.05, 4.69) is 4.99 Å². The minimum absolute atomic E-state index is 0.0558. The quantitative estimate of drug-likeness (QED) is 0.823. The Labute approximate surface area is 147 Å². The summed E-state index contributed by atoms with van der Waals surface area (Å²) >= 11 is 1.42. The van der Waals surface area contributed by atoms with Gasteiger partial charge in [-0.05, 0) is 25.5 Å². The molecule has 5 nitrogen and oxygen atoms in total. The standard InChI is InChI=1S/C17H22N2O3S2/c1-4-12(3)16(20)18-17-19(13-7-5-11(2)6-8-13)14-9-24(21,22)10-15(14)23-17/h5-8,12,14-15H,4,9-10H2,1-3H3. The molecule has 0 aliphatic carbocycles. The number of fused-ring (bicyclic) bond motifs is 1. The highest BCUT2D eigenvalue weighted by Gasteiger charge is 2.49. The zero-order chi connectivity index (χ0) is 17.5. The van der Waals surface area contributed by atoms with Crippen molar-refractivity contribution in [2.24, 2.45) is 10.9 Å². The number of carbonyl (C=O) groups is 1. The van der Waals surface area contributed by atoms with E-state index in [0.29, 0.717) is 5.17 Å². The van der Waals surface area contributed by atoms with Crippen molar-refractivity contribution < 1.29 is 13.2 Å². The molecule has 0 N–H and O–H groups in total. The van der Waals surface area contributed by atoms with Crippen LogP contribution in [0.2, 0.25) is 0 Å². The van der Waals surface area contributed by atoms with Gasteiger partial charge in [0.05, 0.1) is 17.5 Å². The van der Waals surface area contributed by atoms with Crippen molar-refractivity contribution in [2.75, 3.05) is 16.4 Å². The Bertz CT molecular complexity index is 772. The van der Waals surface area contributed by atoms with Gasteiger partial charge in [-0.2, -0.15) is 4.99 Å². The van der Waals surface area contributed by atoms with Gasteiger partial charge < -0.3 is 4.90 Å². The molecular weight excluding hydrogens is 344 g/mol. The van der Waals surface area contributed by atoms with Crippen LogP contribution in [0.15, 0.2) is 29.3 Å². The second kappa shape index (κ2) is 6.52. The number of aliphatic imine (C=N–C) groups is 1. The van der Waals surface area contributed by atoms with E-state index < -0.39 is 9.84 Å². The summed E-state index contributed by atoms with van der Waals surface area (Å²) in [5.74, 6) is 0.0122. The van der Waals surface area contributed by atoms with Crippen LogP contribution in [0.25, 0.3) is 0 Å². The fraction of sp³-hybridized carbons (Fsp3) is 0.529. The van der Waals surface area contributed by atoms with Crippen molar-refractivity contribution in [3.8, 4) is 0 Å². The number of amides is 1. The van der Waals surface area contributed by atoms with E-state index in [1.807, 2.05) is 49.9 Å². The highest BCUT2D eigenvalue weighted by atomic mass is 32.2. The van der Waals surface area contributed by atoms with Crippen LogP contribution in [0.1, 0.15) is 25.8 Å². The summed E-state index contributed by atoms with van der Waals surface area (Å²) in [6, 6.07) is 7.76. The molecule has 2 saturated heterocycles. The summed E-state index contributed by atoms with van der Waals surface area (Å²) in [6.07, 6.45) is 0.742. The van der Waals surface area contributed by atoms with Gasteiger partial charge in [0.1, 0.15) is 0 Å². The average molecular weight is 367 g/mol. The largest absolute Gasteiger partial charge is 0.316 e. The summed E-state index contributed by atoms with van der Waals surface area (Å²) in [6.45, 7) is 5.84. The molecule has 3 unspecified atom stereocenters. The van der Waals surface area contributed by atoms with Crippen LogP contribution in [-0.2, 0) is 14.6 Å². The van der Waals surface area contributed by atoms with Gasteiger partial charge in [0.25, 0.3) is 5.91 Å². The third-order valence-corrected chi connectivity index (χ3v) is 7.83. The van der Waals surface area contributed by atoms with Crippen LogP contribution < -0.4 is 4.90 Å². The highest BCUT2D eigenvalue weighted by Crippen LogP contribution is 2.41. The maximum absolute atomic E-state index is 12.3. The Morgan fingerprint density at radius 3 is 2.62 bits per heavy atom. The molecule has 1 amide bonds. The third kappa shape index (κ3) is 3.37. The first-order valence-corrected chi connectivity index (χ1v) is 10.9. The molecule has 2 heterocycles. The van der Waals surface area contributed by atoms with Crippen LogP contribution in [0.5, 0.6) is 0 Å². The molecular formula is C17H22N2O3S2. The maximum Gasteiger partial charge on any atom is 0.250 e. The summed E-state index contributed by atoms with van der Waals surface area (Å²) in [5.41, 5.74) is 2.03. The number of carbonyl (C=O) groups excluding carboxylic acids is 1. The first-order chi connectivity index (χ1) is 11.3. The molecule has 0 aromatic heterocycles. The average Bonchev–Trinajstić information content (AvgIpc) is 2.98. The molecule has 7 heteroatoms. The molecule has 130 valence electrons. The minimum atomic E-state index is -3.03. The molecule has 0 bridgehead atoms. The van der Waals surface area contributed by atoms with Crippen molar-refractivity contribution in [1.29, 1.82) is 0 Å². The number of sulfone groups is 1. The lowest BCUT2D eigenvalue weighted by molar-refractivity contribution is -0.121. The van der Waals surface area contributed by atoms with Gasteiger partial charge in [0.2, 0.25) is 0 Å². The number of hydrogen-bond donors (Lipinski definition) is 0. The van der Waals surface area contributed by atoms with Gasteiger partial charge in [0, 0.05) is 16.9 Å². The van der Waals surface area contributed by atoms with Gasteiger partial charge in [-0.1, -0.05) is 43.3 Å². The van der Waals surface area contributed by atoms with E-state index in [4.69, 9.17) is 0 Å². The van der Waals surface area contributed by atoms with Crippen molar-refractivity contribution >= 4 is 38.4 Å². The zero-order valence-electron chi connectivity index (χ0n) is 14.1. The monoisotopic (exact) mass is 366 g/mol. The molecule has 0 saturated carbocycles. The van der Waals surface area contributed by atoms with E-state index in [1.54, 1.807) is 0 Å². The molecule has 0 spiro atoms. The van der Waals surface area contributed by atoms with Crippen molar-refractivity contribution in [3.05, 3.63) is 29.8 Å². The lowest BCUT2D eigenvalue weighted by Crippen LogP contribution is -2.37. The Balaban J connectivity index is 1.98. The predicted octanol–water partition coefficient (Wildman–Crippen LogP) is 2.64. The second-order valence-corrected chi connectivity index (χ2v) is 9.91. The Morgan fingerprint density at radius 1 is 1.33 bits per heavy atom. The first kappa shape index (κ1) is 17.5. The SMILES string of the molecule is CCC(C)C(=O)N=C1SC2CS(=O)(=O)CC2N1c1ccc(C)cc1. The van der Waals surface area contributed by atoms with Crippen LogP contribution in [0.3, 0.4) is 0 Å². The molecule has 2 aliphatic heterocycles. The molecule has 2 aliphatic rings. The van der Waals surface area contributed by atoms with Crippen molar-refractivity contribution in [2.45, 2.75) is 38.5 Å². The van der Waals surface area contributed by atoms with Crippen LogP contribution in [0.4, 0.5) is 5.69 Å². The molecule has 2 fully saturated rings. The maximum atomic E-state index is 12.3. The zero-order valence-corrected chi connectivity index (χ0v) is 15.7. The molecule has 0 radical (unpaired) electrons. The predicted molar refractivity (Wildman–Crippen MR) is 99.4 cm³/mol. The van der Waals surface area contributed by atoms with Crippen molar-refractivity contribution in [3.63, 3.8) is 0 Å². The summed E-state index contributed by atoms with van der Waals surface area (Å²) in [5, 5.41) is 0.578. The Kier molecular flexibility index (Phi) is 4.75. The number of rotatable bonds is 3. The smallest absolute Gasteiger partial charge is 0.250 e. The molecule has 3 rings (SSSR count). The number of amidine groups is 1. The lowest BCUT2D eigenvalue weighted by atomic mass is 10.1. The topological polar surface area (TPSA) is 66.8 Å². The summed E-state index contributed by atoms with van der Waals surface area (Å²) in [7, 11) is -3.03. The summed E-state index contributed by atoms with van der Waals surface area (Å²) in [4.78, 5) is 18.5. The van der Waals surface area contributed by atoms with E-state index in [1.165, 1.54) is 11.8 Å². The van der Waals surface area contributed by atoms with E-state index in [-0.39, 0.29) is 34.6 Å². The first-order valence-electron chi connectivity index (χ1n) is 8.16. The number of aryl methyl sites for hydroxylation is 1. The van der Waals surface area contributed by atoms with E-state index in [9.17, 15) is 13.2 Å². The molecule has 1 aromatic carbocycles. The Hall–Kier alpha value is -1.34. The molecule has 1 aromatic rings. The number of benzene rings is 1. The van der Waals surface area contributed by atoms with Gasteiger partial charge in [-0.25, -0.2) is 8.42 Å². The lowest BCUT2D eigenvalue weighted by Gasteiger charge is -2.24. The van der Waals surface area contributed by atoms with Gasteiger partial charge in [-0.3, -0.25) is 4.79 Å². The number of anilines is 1. The van der Waals surface area contributed by atoms with E-state index in [0.717, 1.165) is 17.7 Å². The molecule has 3 atom stereocenters. The second-order valence-electron chi connectivity index (χ2n) is 6.55. The number of hydrogen-bond acceptors (Lipinski definition) is 4. The van der Waals surface area contributed by atoms with Gasteiger partial charge in [-0.15, -0.1) is 0 Å². The number of nitrogens with zero attached hydrogens (tertiary/aromatic N) is 2. The fourth-order valence-electron chi connectivity index (χ4n) is 2.95. The Morgan fingerprint density at radius 2 is 2.00 bits per heavy atom. The highest BCUT2D eigenvalue weighted by molar-refractivity contribution is 8.16. The minimum Gasteiger partial charge on any atom is -0.316 e. The normalized spacial score (nSPS) is 28.1. The number of thioether (sulfide) groups is 1. The van der Waals surface area contributed by atoms with Gasteiger partial charge in [0.15, 0.2) is 15.0 Å². The van der Waals surface area contributed by atoms with Gasteiger partial charge >= 0.3 is 0 Å². The van der Waals surface area contributed by atoms with Crippen LogP contribution >= 0.6 is 11.8 Å². The fourth-order valence-corrected chi connectivity index (χ4v) is 6.87. The third-order valence-electron chi connectivity index (χ3n) is 4.62. The van der Waals surface area contributed by atoms with Crippen molar-refractivity contribution in [1.82, 2.24) is 0 Å².